The van der Waals surface area contributed by atoms with Crippen molar-refractivity contribution in [3.8, 4) is 39.5 Å². The Labute approximate surface area is 303 Å². The Morgan fingerprint density at radius 3 is 1.65 bits per heavy atom. The maximum atomic E-state index is 5.58. The van der Waals surface area contributed by atoms with Gasteiger partial charge in [0.2, 0.25) is 5.95 Å². The summed E-state index contributed by atoms with van der Waals surface area (Å²) in [6.45, 7) is 0. The molecule has 0 aliphatic carbocycles. The van der Waals surface area contributed by atoms with Gasteiger partial charge in [0, 0.05) is 37.2 Å². The molecular formula is C48H29N3S. The molecule has 8 aromatic carbocycles. The first-order chi connectivity index (χ1) is 25.8. The molecule has 0 saturated heterocycles. The topological polar surface area (TPSA) is 30.7 Å². The third-order valence-electron chi connectivity index (χ3n) is 10.4. The lowest BCUT2D eigenvalue weighted by Gasteiger charge is -2.15. The average Bonchev–Trinajstić information content (AvgIpc) is 3.78. The van der Waals surface area contributed by atoms with Gasteiger partial charge in [0.1, 0.15) is 0 Å². The number of aromatic nitrogens is 3. The second-order valence-electron chi connectivity index (χ2n) is 13.3. The van der Waals surface area contributed by atoms with E-state index in [9.17, 15) is 0 Å². The molecule has 3 aromatic heterocycles. The van der Waals surface area contributed by atoms with Gasteiger partial charge in [-0.15, -0.1) is 11.3 Å². The first-order valence-corrected chi connectivity index (χ1v) is 18.4. The molecule has 0 N–H and O–H groups in total. The van der Waals surface area contributed by atoms with E-state index >= 15 is 0 Å². The summed E-state index contributed by atoms with van der Waals surface area (Å²) in [6.07, 6.45) is 0. The molecule has 0 fully saturated rings. The van der Waals surface area contributed by atoms with Gasteiger partial charge in [0.15, 0.2) is 0 Å². The molecule has 0 atom stereocenters. The largest absolute Gasteiger partial charge is 0.276 e. The van der Waals surface area contributed by atoms with Crippen molar-refractivity contribution in [1.82, 2.24) is 14.5 Å². The molecule has 0 saturated carbocycles. The first-order valence-electron chi connectivity index (χ1n) is 17.6. The number of thiophene rings is 1. The summed E-state index contributed by atoms with van der Waals surface area (Å²) >= 11 is 1.86. The van der Waals surface area contributed by atoms with Gasteiger partial charge in [-0.1, -0.05) is 140 Å². The van der Waals surface area contributed by atoms with Crippen molar-refractivity contribution in [3.63, 3.8) is 0 Å². The molecule has 242 valence electrons. The molecule has 3 nitrogen and oxygen atoms in total. The Morgan fingerprint density at radius 1 is 0.404 bits per heavy atom. The van der Waals surface area contributed by atoms with Crippen molar-refractivity contribution >= 4 is 75.0 Å². The van der Waals surface area contributed by atoms with Gasteiger partial charge in [0.05, 0.1) is 26.9 Å². The van der Waals surface area contributed by atoms with Crippen LogP contribution in [0.15, 0.2) is 176 Å². The summed E-state index contributed by atoms with van der Waals surface area (Å²) in [7, 11) is 0. The van der Waals surface area contributed by atoms with Crippen molar-refractivity contribution in [3.05, 3.63) is 176 Å². The van der Waals surface area contributed by atoms with Crippen LogP contribution in [-0.2, 0) is 0 Å². The second kappa shape index (κ2) is 11.5. The van der Waals surface area contributed by atoms with Crippen molar-refractivity contribution < 1.29 is 0 Å². The van der Waals surface area contributed by atoms with Crippen LogP contribution in [0, 0.1) is 0 Å². The van der Waals surface area contributed by atoms with E-state index in [1.54, 1.807) is 0 Å². The van der Waals surface area contributed by atoms with Gasteiger partial charge in [0.25, 0.3) is 0 Å². The highest BCUT2D eigenvalue weighted by atomic mass is 32.1. The Balaban J connectivity index is 1.28. The monoisotopic (exact) mass is 679 g/mol. The number of benzene rings is 8. The molecule has 52 heavy (non-hydrogen) atoms. The van der Waals surface area contributed by atoms with Gasteiger partial charge in [-0.2, -0.15) is 0 Å². The molecule has 0 radical (unpaired) electrons. The maximum Gasteiger partial charge on any atom is 0.235 e. The Bertz CT molecular complexity index is 3120. The number of para-hydroxylation sites is 2. The van der Waals surface area contributed by atoms with E-state index in [1.807, 2.05) is 11.3 Å². The normalized spacial score (nSPS) is 11.8. The standard InChI is InChI=1S/C48H29N3S/c1-3-15-30(16-4-1)32-27-33(31-17-5-2-6-18-31)29-34(28-32)45-37-21-9-12-24-40(37)49-48(50-45)51-41-25-13-10-22-38(41)43-35-19-7-8-20-36(35)44-39-23-11-14-26-42(39)52-47(44)46(43)51/h1-29H. The van der Waals surface area contributed by atoms with Crippen LogP contribution in [0.2, 0.25) is 0 Å². The molecule has 0 amide bonds. The number of nitrogens with zero attached hydrogens (tertiary/aromatic N) is 3. The zero-order valence-electron chi connectivity index (χ0n) is 28.0. The lowest BCUT2D eigenvalue weighted by atomic mass is 9.94. The van der Waals surface area contributed by atoms with Crippen LogP contribution in [0.3, 0.4) is 0 Å². The van der Waals surface area contributed by atoms with Gasteiger partial charge in [-0.3, -0.25) is 4.57 Å². The summed E-state index contributed by atoms with van der Waals surface area (Å²) in [6, 6.07) is 62.9. The van der Waals surface area contributed by atoms with E-state index < -0.39 is 0 Å². The number of fused-ring (bicyclic) bond motifs is 11. The molecule has 11 rings (SSSR count). The van der Waals surface area contributed by atoms with Gasteiger partial charge < -0.3 is 0 Å². The van der Waals surface area contributed by atoms with Gasteiger partial charge in [-0.05, 0) is 69.4 Å². The fraction of sp³-hybridized carbons (Fsp3) is 0. The summed E-state index contributed by atoms with van der Waals surface area (Å²) in [5.41, 5.74) is 9.76. The van der Waals surface area contributed by atoms with Crippen molar-refractivity contribution in [2.24, 2.45) is 0 Å². The second-order valence-corrected chi connectivity index (χ2v) is 14.4. The van der Waals surface area contributed by atoms with Crippen molar-refractivity contribution in [1.29, 1.82) is 0 Å². The highest BCUT2D eigenvalue weighted by molar-refractivity contribution is 7.27. The molecule has 0 aliphatic heterocycles. The van der Waals surface area contributed by atoms with E-state index in [2.05, 4.69) is 180 Å². The Hall–Kier alpha value is -6.62. The van der Waals surface area contributed by atoms with Crippen LogP contribution < -0.4 is 0 Å². The van der Waals surface area contributed by atoms with E-state index in [1.165, 1.54) is 52.8 Å². The molecule has 11 aromatic rings. The van der Waals surface area contributed by atoms with Gasteiger partial charge in [-0.25, -0.2) is 9.97 Å². The molecule has 0 spiro atoms. The molecule has 0 unspecified atom stereocenters. The zero-order chi connectivity index (χ0) is 34.2. The minimum absolute atomic E-state index is 0.667. The van der Waals surface area contributed by atoms with E-state index in [0.29, 0.717) is 5.95 Å². The summed E-state index contributed by atoms with van der Waals surface area (Å²) in [5, 5.41) is 8.54. The summed E-state index contributed by atoms with van der Waals surface area (Å²) in [5.74, 6) is 0.667. The average molecular weight is 680 g/mol. The minimum atomic E-state index is 0.667. The van der Waals surface area contributed by atoms with Crippen LogP contribution in [0.25, 0.3) is 103 Å². The smallest absolute Gasteiger partial charge is 0.235 e. The Morgan fingerprint density at radius 2 is 0.942 bits per heavy atom. The third kappa shape index (κ3) is 4.38. The molecule has 0 aliphatic rings. The highest BCUT2D eigenvalue weighted by Gasteiger charge is 2.23. The van der Waals surface area contributed by atoms with Crippen LogP contribution in [-0.4, -0.2) is 14.5 Å². The quantitative estimate of drug-likeness (QED) is 0.185. The number of rotatable bonds is 4. The lowest BCUT2D eigenvalue weighted by molar-refractivity contribution is 1.02. The molecule has 4 heteroatoms. The van der Waals surface area contributed by atoms with E-state index in [4.69, 9.17) is 9.97 Å². The van der Waals surface area contributed by atoms with Crippen LogP contribution in [0.1, 0.15) is 0 Å². The predicted molar refractivity (Wildman–Crippen MR) is 221 cm³/mol. The predicted octanol–water partition coefficient (Wildman–Crippen LogP) is 13.2. The number of hydrogen-bond acceptors (Lipinski definition) is 3. The van der Waals surface area contributed by atoms with Crippen molar-refractivity contribution in [2.45, 2.75) is 0 Å². The minimum Gasteiger partial charge on any atom is -0.276 e. The molecule has 0 bridgehead atoms. The first kappa shape index (κ1) is 29.1. The molecular weight excluding hydrogens is 651 g/mol. The van der Waals surface area contributed by atoms with E-state index in [-0.39, 0.29) is 0 Å². The zero-order valence-corrected chi connectivity index (χ0v) is 28.8. The highest BCUT2D eigenvalue weighted by Crippen LogP contribution is 2.48. The van der Waals surface area contributed by atoms with Crippen LogP contribution in [0.4, 0.5) is 0 Å². The van der Waals surface area contributed by atoms with Crippen LogP contribution >= 0.6 is 11.3 Å². The SMILES string of the molecule is c1ccc(-c2cc(-c3ccccc3)cc(-c3nc(-n4c5ccccc5c5c6ccccc6c6c7ccccc7sc6c54)nc4ccccc34)c2)cc1. The number of hydrogen-bond donors (Lipinski definition) is 0. The van der Waals surface area contributed by atoms with Crippen LogP contribution in [0.5, 0.6) is 0 Å². The summed E-state index contributed by atoms with van der Waals surface area (Å²) < 4.78 is 4.85. The lowest BCUT2D eigenvalue weighted by Crippen LogP contribution is -2.03. The fourth-order valence-electron chi connectivity index (χ4n) is 8.08. The third-order valence-corrected chi connectivity index (χ3v) is 11.5. The molecule has 3 heterocycles. The fourth-order valence-corrected chi connectivity index (χ4v) is 9.34. The van der Waals surface area contributed by atoms with Crippen molar-refractivity contribution in [2.75, 3.05) is 0 Å². The van der Waals surface area contributed by atoms with Gasteiger partial charge >= 0.3 is 0 Å². The Kier molecular flexibility index (Phi) is 6.42. The maximum absolute atomic E-state index is 5.58. The summed E-state index contributed by atoms with van der Waals surface area (Å²) in [4.78, 5) is 10.9. The van der Waals surface area contributed by atoms with E-state index in [0.717, 1.165) is 44.3 Å².